The molecule has 1 aliphatic heterocycles. The highest BCUT2D eigenvalue weighted by Gasteiger charge is 2.25. The van der Waals surface area contributed by atoms with E-state index in [1.807, 2.05) is 11.4 Å². The van der Waals surface area contributed by atoms with Crippen molar-refractivity contribution in [3.8, 4) is 11.5 Å². The summed E-state index contributed by atoms with van der Waals surface area (Å²) in [4.78, 5) is 24.7. The smallest absolute Gasteiger partial charge is 0.307 e. The average molecular weight is 343 g/mol. The van der Waals surface area contributed by atoms with Gasteiger partial charge in [-0.15, -0.1) is 11.3 Å². The fourth-order valence-electron chi connectivity index (χ4n) is 3.02. The number of hydrogen-bond acceptors (Lipinski definition) is 5. The van der Waals surface area contributed by atoms with Gasteiger partial charge in [-0.25, -0.2) is 0 Å². The van der Waals surface area contributed by atoms with Crippen LogP contribution >= 0.6 is 11.3 Å². The van der Waals surface area contributed by atoms with Crippen LogP contribution in [0.2, 0.25) is 0 Å². The van der Waals surface area contributed by atoms with E-state index in [1.165, 1.54) is 11.3 Å². The van der Waals surface area contributed by atoms with Crippen LogP contribution in [-0.2, 0) is 11.2 Å². The van der Waals surface area contributed by atoms with Gasteiger partial charge in [-0.2, -0.15) is 0 Å². The summed E-state index contributed by atoms with van der Waals surface area (Å²) in [6.07, 6.45) is -0.160. The van der Waals surface area contributed by atoms with Gasteiger partial charge in [0.1, 0.15) is 0 Å². The molecule has 0 bridgehead atoms. The number of aliphatic carboxylic acids is 1. The Balaban J connectivity index is 2.00. The molecule has 1 aliphatic rings. The quantitative estimate of drug-likeness (QED) is 0.791. The van der Waals surface area contributed by atoms with Crippen LogP contribution in [0.1, 0.15) is 20.9 Å². The van der Waals surface area contributed by atoms with Gasteiger partial charge in [0.15, 0.2) is 11.5 Å². The minimum atomic E-state index is -0.946. The monoisotopic (exact) mass is 343 g/mol. The van der Waals surface area contributed by atoms with Gasteiger partial charge in [0.05, 0.1) is 16.8 Å². The molecule has 0 aliphatic carbocycles. The maximum absolute atomic E-state index is 12.9. The Bertz CT molecular complexity index is 971. The van der Waals surface area contributed by atoms with E-state index in [2.05, 4.69) is 0 Å². The van der Waals surface area contributed by atoms with Crippen molar-refractivity contribution in [3.05, 3.63) is 45.8 Å². The Kier molecular flexibility index (Phi) is 3.31. The molecule has 0 saturated carbocycles. The normalized spacial score (nSPS) is 12.7. The Hall–Kier alpha value is -2.80. The highest BCUT2D eigenvalue weighted by molar-refractivity contribution is 7.12. The molecule has 0 spiro atoms. The zero-order valence-corrected chi connectivity index (χ0v) is 13.6. The summed E-state index contributed by atoms with van der Waals surface area (Å²) in [6, 6.07) is 7.05. The molecule has 4 rings (SSSR count). The molecule has 1 aromatic carbocycles. The summed E-state index contributed by atoms with van der Waals surface area (Å²) in [7, 11) is 0. The highest BCUT2D eigenvalue weighted by atomic mass is 32.1. The largest absolute Gasteiger partial charge is 0.481 e. The van der Waals surface area contributed by atoms with Crippen LogP contribution in [0.5, 0.6) is 11.5 Å². The van der Waals surface area contributed by atoms with Crippen molar-refractivity contribution in [3.63, 3.8) is 0 Å². The van der Waals surface area contributed by atoms with Crippen molar-refractivity contribution in [2.45, 2.75) is 13.3 Å². The number of benzene rings is 1. The zero-order valence-electron chi connectivity index (χ0n) is 12.7. The van der Waals surface area contributed by atoms with Crippen molar-refractivity contribution in [1.82, 2.24) is 4.57 Å². The van der Waals surface area contributed by atoms with Gasteiger partial charge in [-0.1, -0.05) is 6.07 Å². The number of nitrogens with zero attached hydrogens (tertiary/aromatic N) is 1. The third-order valence-corrected chi connectivity index (χ3v) is 4.95. The second kappa shape index (κ2) is 5.38. The number of rotatable bonds is 3. The predicted molar refractivity (Wildman–Crippen MR) is 88.2 cm³/mol. The van der Waals surface area contributed by atoms with Crippen LogP contribution in [0, 0.1) is 6.92 Å². The number of carbonyl (C=O) groups is 2. The molecule has 0 saturated heterocycles. The topological polar surface area (TPSA) is 77.8 Å². The Labute approximate surface area is 140 Å². The molecule has 0 unspecified atom stereocenters. The Morgan fingerprint density at radius 2 is 2.04 bits per heavy atom. The number of thiophene rings is 1. The molecule has 7 heteroatoms. The van der Waals surface area contributed by atoms with Crippen molar-refractivity contribution >= 4 is 34.1 Å². The molecule has 2 aromatic heterocycles. The number of carbonyl (C=O) groups excluding carboxylic acids is 1. The van der Waals surface area contributed by atoms with Gasteiger partial charge in [0.25, 0.3) is 5.91 Å². The first kappa shape index (κ1) is 14.8. The molecule has 3 heterocycles. The van der Waals surface area contributed by atoms with Crippen LogP contribution in [0.3, 0.4) is 0 Å². The molecule has 0 atom stereocenters. The fourth-order valence-corrected chi connectivity index (χ4v) is 3.67. The number of hydrogen-bond donors (Lipinski definition) is 1. The number of aromatic nitrogens is 1. The van der Waals surface area contributed by atoms with E-state index in [0.717, 1.165) is 0 Å². The SMILES string of the molecule is Cc1c(CC(=O)O)c2cc3c(cc2n1C(=O)c1cccs1)OCO3. The molecule has 1 N–H and O–H groups in total. The van der Waals surface area contributed by atoms with Crippen LogP contribution in [0.25, 0.3) is 10.9 Å². The first-order valence-corrected chi connectivity index (χ1v) is 8.17. The van der Waals surface area contributed by atoms with E-state index in [0.29, 0.717) is 38.5 Å². The zero-order chi connectivity index (χ0) is 16.8. The van der Waals surface area contributed by atoms with Crippen LogP contribution in [0.15, 0.2) is 29.6 Å². The molecular weight excluding hydrogens is 330 g/mol. The van der Waals surface area contributed by atoms with E-state index in [1.54, 1.807) is 29.7 Å². The van der Waals surface area contributed by atoms with Gasteiger partial charge in [-0.3, -0.25) is 14.2 Å². The third-order valence-electron chi connectivity index (χ3n) is 4.09. The van der Waals surface area contributed by atoms with Crippen LogP contribution in [-0.4, -0.2) is 28.3 Å². The Morgan fingerprint density at radius 3 is 2.71 bits per heavy atom. The van der Waals surface area contributed by atoms with Gasteiger partial charge in [0.2, 0.25) is 6.79 Å². The average Bonchev–Trinajstić information content (AvgIpc) is 3.26. The highest BCUT2D eigenvalue weighted by Crippen LogP contribution is 2.39. The number of fused-ring (bicyclic) bond motifs is 2. The van der Waals surface area contributed by atoms with E-state index in [4.69, 9.17) is 9.47 Å². The Morgan fingerprint density at radius 1 is 1.29 bits per heavy atom. The maximum Gasteiger partial charge on any atom is 0.307 e. The number of ether oxygens (including phenoxy) is 2. The molecule has 122 valence electrons. The molecule has 3 aromatic rings. The van der Waals surface area contributed by atoms with E-state index in [9.17, 15) is 14.7 Å². The summed E-state index contributed by atoms with van der Waals surface area (Å²) in [5.74, 6) is -0.00152. The lowest BCUT2D eigenvalue weighted by molar-refractivity contribution is -0.136. The van der Waals surface area contributed by atoms with Crippen molar-refractivity contribution in [1.29, 1.82) is 0 Å². The van der Waals surface area contributed by atoms with E-state index < -0.39 is 5.97 Å². The maximum atomic E-state index is 12.9. The lowest BCUT2D eigenvalue weighted by atomic mass is 10.1. The first-order valence-electron chi connectivity index (χ1n) is 7.30. The number of carboxylic acid groups (broad SMARTS) is 1. The third kappa shape index (κ3) is 2.16. The van der Waals surface area contributed by atoms with Crippen LogP contribution < -0.4 is 9.47 Å². The summed E-state index contributed by atoms with van der Waals surface area (Å²) < 4.78 is 12.3. The minimum absolute atomic E-state index is 0.119. The first-order chi connectivity index (χ1) is 11.6. The van der Waals surface area contributed by atoms with Gasteiger partial charge in [0, 0.05) is 17.1 Å². The van der Waals surface area contributed by atoms with Crippen molar-refractivity contribution in [2.24, 2.45) is 0 Å². The molecule has 0 fully saturated rings. The molecule has 24 heavy (non-hydrogen) atoms. The minimum Gasteiger partial charge on any atom is -0.481 e. The molecule has 6 nitrogen and oxygen atoms in total. The lowest BCUT2D eigenvalue weighted by Crippen LogP contribution is -2.12. The summed E-state index contributed by atoms with van der Waals surface area (Å²) in [6.45, 7) is 1.88. The van der Waals surface area contributed by atoms with Crippen molar-refractivity contribution in [2.75, 3.05) is 6.79 Å². The van der Waals surface area contributed by atoms with Crippen molar-refractivity contribution < 1.29 is 24.2 Å². The predicted octanol–water partition coefficient (Wildman–Crippen LogP) is 3.06. The standard InChI is InChI=1S/C17H13NO5S/c1-9-10(6-16(19)20)11-5-13-14(23-8-22-13)7-12(11)18(9)17(21)15-3-2-4-24-15/h2-5,7H,6,8H2,1H3,(H,19,20). The summed E-state index contributed by atoms with van der Waals surface area (Å²) in [5, 5.41) is 11.8. The summed E-state index contributed by atoms with van der Waals surface area (Å²) in [5.41, 5.74) is 1.86. The number of carboxylic acids is 1. The van der Waals surface area contributed by atoms with Gasteiger partial charge in [-0.05, 0) is 30.0 Å². The second-order valence-corrected chi connectivity index (χ2v) is 6.42. The molecule has 0 radical (unpaired) electrons. The fraction of sp³-hybridized carbons (Fsp3) is 0.176. The molecular formula is C17H13NO5S. The van der Waals surface area contributed by atoms with Crippen LogP contribution in [0.4, 0.5) is 0 Å². The van der Waals surface area contributed by atoms with E-state index >= 15 is 0 Å². The van der Waals surface area contributed by atoms with Gasteiger partial charge < -0.3 is 14.6 Å². The lowest BCUT2D eigenvalue weighted by Gasteiger charge is -2.06. The summed E-state index contributed by atoms with van der Waals surface area (Å²) >= 11 is 1.35. The van der Waals surface area contributed by atoms with Gasteiger partial charge >= 0.3 is 5.97 Å². The van der Waals surface area contributed by atoms with E-state index in [-0.39, 0.29) is 19.1 Å². The second-order valence-electron chi connectivity index (χ2n) is 5.47. The molecule has 0 amide bonds.